The SMILES string of the molecule is C[C@@H]1CC(=O)C[C@H](c2ccccc2)c2[nH]c3ccc(F)cc3c21. The van der Waals surface area contributed by atoms with Crippen molar-refractivity contribution >= 4 is 16.7 Å². The van der Waals surface area contributed by atoms with E-state index in [-0.39, 0.29) is 23.4 Å². The van der Waals surface area contributed by atoms with Crippen molar-refractivity contribution in [2.75, 3.05) is 0 Å². The lowest BCUT2D eigenvalue weighted by Gasteiger charge is -2.15. The zero-order valence-corrected chi connectivity index (χ0v) is 13.0. The molecule has 0 saturated heterocycles. The van der Waals surface area contributed by atoms with Gasteiger partial charge in [-0.25, -0.2) is 4.39 Å². The Morgan fingerprint density at radius 2 is 1.87 bits per heavy atom. The van der Waals surface area contributed by atoms with E-state index in [9.17, 15) is 9.18 Å². The first-order valence-electron chi connectivity index (χ1n) is 8.01. The molecule has 116 valence electrons. The molecule has 0 unspecified atom stereocenters. The number of fused-ring (bicyclic) bond motifs is 3. The highest BCUT2D eigenvalue weighted by molar-refractivity contribution is 5.89. The average Bonchev–Trinajstić information content (AvgIpc) is 2.85. The van der Waals surface area contributed by atoms with Crippen molar-refractivity contribution in [2.24, 2.45) is 0 Å². The standard InChI is InChI=1S/C20H18FNO/c1-12-9-15(23)11-16(13-5-3-2-4-6-13)20-19(12)17-10-14(21)7-8-18(17)22-20/h2-8,10,12,16,22H,9,11H2,1H3/t12-,16-/m1/s1. The van der Waals surface area contributed by atoms with Crippen LogP contribution >= 0.6 is 0 Å². The number of carbonyl (C=O) groups is 1. The molecule has 23 heavy (non-hydrogen) atoms. The summed E-state index contributed by atoms with van der Waals surface area (Å²) in [6.45, 7) is 2.06. The van der Waals surface area contributed by atoms with Gasteiger partial charge in [-0.05, 0) is 35.2 Å². The predicted octanol–water partition coefficient (Wildman–Crippen LogP) is 4.91. The van der Waals surface area contributed by atoms with Crippen LogP contribution in [0.1, 0.15) is 48.4 Å². The van der Waals surface area contributed by atoms with E-state index in [1.165, 1.54) is 6.07 Å². The third-order valence-corrected chi connectivity index (χ3v) is 4.84. The Labute approximate surface area is 134 Å². The first kappa shape index (κ1) is 14.2. The summed E-state index contributed by atoms with van der Waals surface area (Å²) in [6, 6.07) is 14.9. The molecule has 4 rings (SSSR count). The van der Waals surface area contributed by atoms with Gasteiger partial charge in [0.05, 0.1) is 0 Å². The highest BCUT2D eigenvalue weighted by Crippen LogP contribution is 2.42. The molecule has 0 radical (unpaired) electrons. The van der Waals surface area contributed by atoms with Gasteiger partial charge in [0, 0.05) is 35.4 Å². The van der Waals surface area contributed by atoms with Crippen molar-refractivity contribution < 1.29 is 9.18 Å². The maximum absolute atomic E-state index is 13.7. The normalized spacial score (nSPS) is 21.2. The van der Waals surface area contributed by atoms with Crippen LogP contribution in [0.25, 0.3) is 10.9 Å². The van der Waals surface area contributed by atoms with Crippen LogP contribution in [0.2, 0.25) is 0 Å². The number of nitrogens with one attached hydrogen (secondary N) is 1. The van der Waals surface area contributed by atoms with Crippen LogP contribution in [-0.4, -0.2) is 10.8 Å². The first-order chi connectivity index (χ1) is 11.1. The van der Waals surface area contributed by atoms with Crippen LogP contribution in [-0.2, 0) is 4.79 Å². The third-order valence-electron chi connectivity index (χ3n) is 4.84. The van der Waals surface area contributed by atoms with E-state index in [4.69, 9.17) is 0 Å². The Hall–Kier alpha value is -2.42. The van der Waals surface area contributed by atoms with Gasteiger partial charge >= 0.3 is 0 Å². The van der Waals surface area contributed by atoms with E-state index < -0.39 is 0 Å². The van der Waals surface area contributed by atoms with Crippen molar-refractivity contribution in [3.63, 3.8) is 0 Å². The second-order valence-electron chi connectivity index (χ2n) is 6.45. The van der Waals surface area contributed by atoms with Gasteiger partial charge in [0.1, 0.15) is 11.6 Å². The number of halogens is 1. The number of rotatable bonds is 1. The summed E-state index contributed by atoms with van der Waals surface area (Å²) >= 11 is 0. The number of Topliss-reactive ketones (excluding diaryl/α,β-unsaturated/α-hetero) is 1. The minimum Gasteiger partial charge on any atom is -0.358 e. The number of aromatic amines is 1. The van der Waals surface area contributed by atoms with Crippen molar-refractivity contribution in [3.05, 3.63) is 71.2 Å². The molecule has 0 bridgehead atoms. The summed E-state index contributed by atoms with van der Waals surface area (Å²) in [5, 5.41) is 0.906. The summed E-state index contributed by atoms with van der Waals surface area (Å²) < 4.78 is 13.7. The zero-order chi connectivity index (χ0) is 16.0. The van der Waals surface area contributed by atoms with Crippen molar-refractivity contribution in [3.8, 4) is 0 Å². The molecule has 3 heteroatoms. The zero-order valence-electron chi connectivity index (χ0n) is 13.0. The topological polar surface area (TPSA) is 32.9 Å². The van der Waals surface area contributed by atoms with Gasteiger partial charge in [0.15, 0.2) is 0 Å². The Morgan fingerprint density at radius 3 is 2.65 bits per heavy atom. The molecular formula is C20H18FNO. The fourth-order valence-electron chi connectivity index (χ4n) is 3.84. The number of aromatic nitrogens is 1. The van der Waals surface area contributed by atoms with Crippen molar-refractivity contribution in [1.29, 1.82) is 0 Å². The molecule has 2 aromatic carbocycles. The maximum atomic E-state index is 13.7. The maximum Gasteiger partial charge on any atom is 0.134 e. The van der Waals surface area contributed by atoms with Gasteiger partial charge < -0.3 is 4.98 Å². The quantitative estimate of drug-likeness (QED) is 0.637. The number of hydrogen-bond donors (Lipinski definition) is 1. The molecule has 0 fully saturated rings. The van der Waals surface area contributed by atoms with Crippen LogP contribution in [0.3, 0.4) is 0 Å². The molecule has 1 aromatic heterocycles. The van der Waals surface area contributed by atoms with E-state index in [2.05, 4.69) is 24.0 Å². The van der Waals surface area contributed by atoms with Crippen molar-refractivity contribution in [1.82, 2.24) is 4.98 Å². The number of ketones is 1. The van der Waals surface area contributed by atoms with Gasteiger partial charge in [-0.3, -0.25) is 4.79 Å². The van der Waals surface area contributed by atoms with Crippen molar-refractivity contribution in [2.45, 2.75) is 31.6 Å². The van der Waals surface area contributed by atoms with Crippen LogP contribution in [0, 0.1) is 5.82 Å². The second-order valence-corrected chi connectivity index (χ2v) is 6.45. The van der Waals surface area contributed by atoms with Crippen LogP contribution in [0.5, 0.6) is 0 Å². The monoisotopic (exact) mass is 307 g/mol. The highest BCUT2D eigenvalue weighted by atomic mass is 19.1. The largest absolute Gasteiger partial charge is 0.358 e. The minimum atomic E-state index is -0.238. The van der Waals surface area contributed by atoms with Gasteiger partial charge in [-0.15, -0.1) is 0 Å². The van der Waals surface area contributed by atoms with E-state index in [1.54, 1.807) is 12.1 Å². The summed E-state index contributed by atoms with van der Waals surface area (Å²) in [5.74, 6) is 0.139. The molecule has 0 aliphatic heterocycles. The Balaban J connectivity index is 1.98. The second kappa shape index (κ2) is 5.34. The van der Waals surface area contributed by atoms with Gasteiger partial charge in [-0.1, -0.05) is 37.3 Å². The van der Waals surface area contributed by atoms with E-state index in [0.717, 1.165) is 27.7 Å². The van der Waals surface area contributed by atoms with E-state index >= 15 is 0 Å². The summed E-state index contributed by atoms with van der Waals surface area (Å²) in [5.41, 5.74) is 4.23. The summed E-state index contributed by atoms with van der Waals surface area (Å²) in [6.07, 6.45) is 1.01. The van der Waals surface area contributed by atoms with Gasteiger partial charge in [0.25, 0.3) is 0 Å². The molecule has 1 heterocycles. The van der Waals surface area contributed by atoms with Crippen LogP contribution in [0.15, 0.2) is 48.5 Å². The molecule has 2 atom stereocenters. The lowest BCUT2D eigenvalue weighted by atomic mass is 9.89. The van der Waals surface area contributed by atoms with Gasteiger partial charge in [-0.2, -0.15) is 0 Å². The molecule has 0 spiro atoms. The van der Waals surface area contributed by atoms with E-state index in [0.29, 0.717) is 12.8 Å². The highest BCUT2D eigenvalue weighted by Gasteiger charge is 2.31. The average molecular weight is 307 g/mol. The molecule has 0 amide bonds. The molecule has 3 aromatic rings. The molecule has 1 aliphatic carbocycles. The van der Waals surface area contributed by atoms with E-state index in [1.807, 2.05) is 18.2 Å². The van der Waals surface area contributed by atoms with Gasteiger partial charge in [0.2, 0.25) is 0 Å². The lowest BCUT2D eigenvalue weighted by molar-refractivity contribution is -0.119. The molecule has 2 nitrogen and oxygen atoms in total. The molecule has 1 N–H and O–H groups in total. The third kappa shape index (κ3) is 2.37. The Kier molecular flexibility index (Phi) is 3.29. The molecular weight excluding hydrogens is 289 g/mol. The van der Waals surface area contributed by atoms with Crippen LogP contribution in [0.4, 0.5) is 4.39 Å². The number of H-pyrrole nitrogens is 1. The molecule has 1 aliphatic rings. The fraction of sp³-hybridized carbons (Fsp3) is 0.250. The predicted molar refractivity (Wildman–Crippen MR) is 89.2 cm³/mol. The Morgan fingerprint density at radius 1 is 1.09 bits per heavy atom. The summed E-state index contributed by atoms with van der Waals surface area (Å²) in [7, 11) is 0. The minimum absolute atomic E-state index is 0.0131. The smallest absolute Gasteiger partial charge is 0.134 e. The number of benzene rings is 2. The van der Waals surface area contributed by atoms with Crippen LogP contribution < -0.4 is 0 Å². The number of carbonyl (C=O) groups excluding carboxylic acids is 1. The first-order valence-corrected chi connectivity index (χ1v) is 8.01. The summed E-state index contributed by atoms with van der Waals surface area (Å²) in [4.78, 5) is 15.8. The number of hydrogen-bond acceptors (Lipinski definition) is 1. The lowest BCUT2D eigenvalue weighted by Crippen LogP contribution is -2.06. The Bertz CT molecular complexity index is 881. The molecule has 0 saturated carbocycles. The fourth-order valence-corrected chi connectivity index (χ4v) is 3.84.